The lowest BCUT2D eigenvalue weighted by Crippen LogP contribution is -2.24. The second kappa shape index (κ2) is 7.08. The van der Waals surface area contributed by atoms with Gasteiger partial charge in [0.05, 0.1) is 0 Å². The quantitative estimate of drug-likeness (QED) is 0.538. The van der Waals surface area contributed by atoms with Crippen molar-refractivity contribution in [1.82, 2.24) is 19.6 Å². The topological polar surface area (TPSA) is 46.3 Å². The molecule has 5 nitrogen and oxygen atoms in total. The van der Waals surface area contributed by atoms with E-state index in [1.54, 1.807) is 0 Å². The molecule has 0 saturated carbocycles. The molecule has 0 spiro atoms. The lowest BCUT2D eigenvalue weighted by molar-refractivity contribution is 0.826. The predicted octanol–water partition coefficient (Wildman–Crippen LogP) is 4.29. The highest BCUT2D eigenvalue weighted by molar-refractivity contribution is 5.61. The highest BCUT2D eigenvalue weighted by atomic mass is 15.4. The second-order valence-corrected chi connectivity index (χ2v) is 7.37. The van der Waals surface area contributed by atoms with Gasteiger partial charge in [0, 0.05) is 36.3 Å². The summed E-state index contributed by atoms with van der Waals surface area (Å²) >= 11 is 0. The van der Waals surface area contributed by atoms with Crippen LogP contribution in [0.15, 0.2) is 60.7 Å². The average Bonchev–Trinajstić information content (AvgIpc) is 3.40. The molecule has 0 bridgehead atoms. The molecule has 0 radical (unpaired) electrons. The number of rotatable bonds is 4. The zero-order chi connectivity index (χ0) is 18.9. The van der Waals surface area contributed by atoms with Gasteiger partial charge in [-0.1, -0.05) is 60.7 Å². The van der Waals surface area contributed by atoms with Crippen molar-refractivity contribution in [3.8, 4) is 11.4 Å². The summed E-state index contributed by atoms with van der Waals surface area (Å²) in [6.07, 6.45) is 3.28. The molecule has 5 heteroatoms. The number of aryl methyl sites for hydroxylation is 1. The highest BCUT2D eigenvalue weighted by Crippen LogP contribution is 2.30. The Labute approximate surface area is 164 Å². The Morgan fingerprint density at radius 3 is 2.25 bits per heavy atom. The fourth-order valence-corrected chi connectivity index (χ4v) is 4.00. The molecule has 140 valence electrons. The van der Waals surface area contributed by atoms with Crippen molar-refractivity contribution < 1.29 is 0 Å². The first-order valence-electron chi connectivity index (χ1n) is 9.90. The van der Waals surface area contributed by atoms with Gasteiger partial charge in [-0.15, -0.1) is 5.10 Å². The van der Waals surface area contributed by atoms with Gasteiger partial charge >= 0.3 is 0 Å². The standard InChI is InChI=1S/C23H23N5/c1-17-20(16-18-10-4-2-5-11-18)22(27-14-8-9-15-27)28-23(24-17)25-21(26-28)19-12-6-3-7-13-19/h2-7,10-13H,8-9,14-16H2,1H3. The Morgan fingerprint density at radius 1 is 0.857 bits per heavy atom. The van der Waals surface area contributed by atoms with E-state index in [0.29, 0.717) is 5.78 Å². The maximum Gasteiger partial charge on any atom is 0.254 e. The van der Waals surface area contributed by atoms with E-state index >= 15 is 0 Å². The molecule has 2 aromatic carbocycles. The van der Waals surface area contributed by atoms with Crippen LogP contribution < -0.4 is 4.90 Å². The third kappa shape index (κ3) is 3.03. The van der Waals surface area contributed by atoms with E-state index in [1.807, 2.05) is 34.8 Å². The molecule has 0 atom stereocenters. The number of nitrogens with zero attached hydrogens (tertiary/aromatic N) is 5. The average molecular weight is 369 g/mol. The second-order valence-electron chi connectivity index (χ2n) is 7.37. The minimum absolute atomic E-state index is 0.676. The maximum atomic E-state index is 4.87. The first kappa shape index (κ1) is 16.9. The van der Waals surface area contributed by atoms with Crippen LogP contribution in [0.2, 0.25) is 0 Å². The largest absolute Gasteiger partial charge is 0.356 e. The Bertz CT molecular complexity index is 1100. The van der Waals surface area contributed by atoms with Crippen molar-refractivity contribution in [1.29, 1.82) is 0 Å². The van der Waals surface area contributed by atoms with Gasteiger partial charge in [-0.25, -0.2) is 4.98 Å². The summed E-state index contributed by atoms with van der Waals surface area (Å²) in [5.74, 6) is 2.55. The van der Waals surface area contributed by atoms with Crippen molar-refractivity contribution in [2.75, 3.05) is 18.0 Å². The number of hydrogen-bond donors (Lipinski definition) is 0. The van der Waals surface area contributed by atoms with E-state index in [-0.39, 0.29) is 0 Å². The maximum absolute atomic E-state index is 4.87. The third-order valence-electron chi connectivity index (χ3n) is 5.43. The highest BCUT2D eigenvalue weighted by Gasteiger charge is 2.24. The number of aromatic nitrogens is 4. The zero-order valence-corrected chi connectivity index (χ0v) is 16.0. The molecule has 1 aliphatic rings. The number of fused-ring (bicyclic) bond motifs is 1. The lowest BCUT2D eigenvalue weighted by atomic mass is 10.0. The summed E-state index contributed by atoms with van der Waals surface area (Å²) in [6, 6.07) is 20.7. The van der Waals surface area contributed by atoms with E-state index in [1.165, 1.54) is 24.0 Å². The van der Waals surface area contributed by atoms with E-state index in [0.717, 1.165) is 42.4 Å². The molecule has 0 unspecified atom stereocenters. The van der Waals surface area contributed by atoms with E-state index in [9.17, 15) is 0 Å². The fourth-order valence-electron chi connectivity index (χ4n) is 4.00. The third-order valence-corrected chi connectivity index (χ3v) is 5.43. The lowest BCUT2D eigenvalue weighted by Gasteiger charge is -2.23. The van der Waals surface area contributed by atoms with Gasteiger partial charge in [0.25, 0.3) is 5.78 Å². The summed E-state index contributed by atoms with van der Waals surface area (Å²) in [5, 5.41) is 4.87. The van der Waals surface area contributed by atoms with Gasteiger partial charge in [-0.3, -0.25) is 0 Å². The molecule has 1 saturated heterocycles. The van der Waals surface area contributed by atoms with Gasteiger partial charge in [0.2, 0.25) is 0 Å². The smallest absolute Gasteiger partial charge is 0.254 e. The van der Waals surface area contributed by atoms with Crippen LogP contribution in [0.4, 0.5) is 5.82 Å². The van der Waals surface area contributed by atoms with Gasteiger partial charge < -0.3 is 4.90 Å². The molecule has 1 fully saturated rings. The molecule has 3 heterocycles. The van der Waals surface area contributed by atoms with E-state index < -0.39 is 0 Å². The van der Waals surface area contributed by atoms with E-state index in [4.69, 9.17) is 15.1 Å². The molecule has 1 aliphatic heterocycles. The SMILES string of the molecule is Cc1nc2nc(-c3ccccc3)nn2c(N2CCCC2)c1Cc1ccccc1. The zero-order valence-electron chi connectivity index (χ0n) is 16.0. The Morgan fingerprint density at radius 2 is 1.54 bits per heavy atom. The van der Waals surface area contributed by atoms with Crippen molar-refractivity contribution in [2.24, 2.45) is 0 Å². The molecule has 5 rings (SSSR count). The summed E-state index contributed by atoms with van der Waals surface area (Å²) < 4.78 is 1.96. The van der Waals surface area contributed by atoms with Crippen LogP contribution in [0.5, 0.6) is 0 Å². The summed E-state index contributed by atoms with van der Waals surface area (Å²) in [7, 11) is 0. The van der Waals surface area contributed by atoms with Crippen LogP contribution in [0.3, 0.4) is 0 Å². The van der Waals surface area contributed by atoms with Crippen LogP contribution in [0.1, 0.15) is 29.7 Å². The van der Waals surface area contributed by atoms with Crippen LogP contribution in [0.25, 0.3) is 17.2 Å². The van der Waals surface area contributed by atoms with Gasteiger partial charge in [0.15, 0.2) is 5.82 Å². The Hall–Kier alpha value is -3.21. The van der Waals surface area contributed by atoms with Gasteiger partial charge in [-0.2, -0.15) is 9.50 Å². The fraction of sp³-hybridized carbons (Fsp3) is 0.261. The van der Waals surface area contributed by atoms with Crippen molar-refractivity contribution in [2.45, 2.75) is 26.2 Å². The first-order valence-corrected chi connectivity index (χ1v) is 9.90. The summed E-state index contributed by atoms with van der Waals surface area (Å²) in [6.45, 7) is 4.20. The molecular formula is C23H23N5. The minimum atomic E-state index is 0.676. The molecule has 4 aromatic rings. The molecule has 28 heavy (non-hydrogen) atoms. The Balaban J connectivity index is 1.69. The van der Waals surface area contributed by atoms with Crippen LogP contribution in [-0.2, 0) is 6.42 Å². The predicted molar refractivity (Wildman–Crippen MR) is 112 cm³/mol. The summed E-state index contributed by atoms with van der Waals surface area (Å²) in [4.78, 5) is 12.0. The van der Waals surface area contributed by atoms with Crippen LogP contribution in [0, 0.1) is 6.92 Å². The first-order chi connectivity index (χ1) is 13.8. The monoisotopic (exact) mass is 369 g/mol. The van der Waals surface area contributed by atoms with Crippen molar-refractivity contribution in [3.63, 3.8) is 0 Å². The molecule has 0 amide bonds. The molecule has 0 aliphatic carbocycles. The Kier molecular flexibility index (Phi) is 4.28. The molecular weight excluding hydrogens is 346 g/mol. The van der Waals surface area contributed by atoms with Crippen molar-refractivity contribution >= 4 is 11.6 Å². The molecule has 0 N–H and O–H groups in total. The van der Waals surface area contributed by atoms with E-state index in [2.05, 4.69) is 42.2 Å². The van der Waals surface area contributed by atoms with Crippen LogP contribution >= 0.6 is 0 Å². The van der Waals surface area contributed by atoms with Crippen LogP contribution in [-0.4, -0.2) is 32.7 Å². The van der Waals surface area contributed by atoms with Gasteiger partial charge in [0.1, 0.15) is 5.82 Å². The number of hydrogen-bond acceptors (Lipinski definition) is 4. The molecule has 2 aromatic heterocycles. The number of anilines is 1. The number of benzene rings is 2. The normalized spacial score (nSPS) is 14.1. The summed E-state index contributed by atoms with van der Waals surface area (Å²) in [5.41, 5.74) is 4.58. The van der Waals surface area contributed by atoms with Gasteiger partial charge in [-0.05, 0) is 25.3 Å². The van der Waals surface area contributed by atoms with Crippen molar-refractivity contribution in [3.05, 3.63) is 77.5 Å². The minimum Gasteiger partial charge on any atom is -0.356 e.